The molecule has 112 valence electrons. The number of hydrogen-bond donors (Lipinski definition) is 1. The Morgan fingerprint density at radius 1 is 1.35 bits per heavy atom. The zero-order valence-corrected chi connectivity index (χ0v) is 13.8. The zero-order valence-electron chi connectivity index (χ0n) is 13.8. The fraction of sp³-hybridized carbons (Fsp3) is 0.588. The summed E-state index contributed by atoms with van der Waals surface area (Å²) >= 11 is 0. The van der Waals surface area contributed by atoms with Gasteiger partial charge in [0.1, 0.15) is 5.82 Å². The van der Waals surface area contributed by atoms with Crippen molar-refractivity contribution in [1.29, 1.82) is 0 Å². The van der Waals surface area contributed by atoms with Gasteiger partial charge in [-0.15, -0.1) is 6.58 Å². The number of nitrogens with one attached hydrogen (secondary N) is 1. The van der Waals surface area contributed by atoms with E-state index in [2.05, 4.69) is 70.5 Å². The first-order chi connectivity index (χ1) is 9.24. The fourth-order valence-corrected chi connectivity index (χ4v) is 2.12. The number of hydrogen-bond acceptors (Lipinski definition) is 3. The molecule has 0 aromatic carbocycles. The standard InChI is InChI=1S/C17H29N3/c1-8-9-20(17(5,6)7)16-11-15(10-14(4)19-16)12-18-13(2)3/h8,10-11,13,18H,1,9,12H2,2-7H3. The van der Waals surface area contributed by atoms with Gasteiger partial charge in [-0.2, -0.15) is 0 Å². The molecule has 3 nitrogen and oxygen atoms in total. The van der Waals surface area contributed by atoms with Gasteiger partial charge in [0, 0.05) is 30.4 Å². The molecule has 0 saturated carbocycles. The average molecular weight is 275 g/mol. The summed E-state index contributed by atoms with van der Waals surface area (Å²) < 4.78 is 0. The molecule has 0 aliphatic rings. The molecular formula is C17H29N3. The monoisotopic (exact) mass is 275 g/mol. The Bertz CT molecular complexity index is 444. The number of anilines is 1. The molecule has 0 unspecified atom stereocenters. The minimum Gasteiger partial charge on any atom is -0.348 e. The molecular weight excluding hydrogens is 246 g/mol. The van der Waals surface area contributed by atoms with Crippen molar-refractivity contribution < 1.29 is 0 Å². The molecule has 0 saturated heterocycles. The van der Waals surface area contributed by atoms with E-state index < -0.39 is 0 Å². The summed E-state index contributed by atoms with van der Waals surface area (Å²) in [4.78, 5) is 6.98. The highest BCUT2D eigenvalue weighted by molar-refractivity contribution is 5.45. The molecule has 0 radical (unpaired) electrons. The highest BCUT2D eigenvalue weighted by Crippen LogP contribution is 2.23. The molecule has 0 atom stereocenters. The highest BCUT2D eigenvalue weighted by atomic mass is 15.2. The van der Waals surface area contributed by atoms with Crippen LogP contribution in [0.4, 0.5) is 5.82 Å². The van der Waals surface area contributed by atoms with Crippen LogP contribution in [0, 0.1) is 6.92 Å². The van der Waals surface area contributed by atoms with Crippen molar-refractivity contribution in [3.63, 3.8) is 0 Å². The number of aryl methyl sites for hydroxylation is 1. The van der Waals surface area contributed by atoms with E-state index in [4.69, 9.17) is 4.98 Å². The fourth-order valence-electron chi connectivity index (χ4n) is 2.12. The second kappa shape index (κ2) is 6.89. The van der Waals surface area contributed by atoms with Crippen molar-refractivity contribution in [2.45, 2.75) is 59.7 Å². The summed E-state index contributed by atoms with van der Waals surface area (Å²) in [5, 5.41) is 3.46. The lowest BCUT2D eigenvalue weighted by Crippen LogP contribution is -2.42. The van der Waals surface area contributed by atoms with Crippen LogP contribution in [-0.2, 0) is 6.54 Å². The van der Waals surface area contributed by atoms with Crippen LogP contribution in [0.1, 0.15) is 45.9 Å². The lowest BCUT2D eigenvalue weighted by Gasteiger charge is -2.36. The van der Waals surface area contributed by atoms with Crippen LogP contribution < -0.4 is 10.2 Å². The number of pyridine rings is 1. The van der Waals surface area contributed by atoms with Gasteiger partial charge in [0.2, 0.25) is 0 Å². The Kier molecular flexibility index (Phi) is 5.75. The number of nitrogens with zero attached hydrogens (tertiary/aromatic N) is 2. The van der Waals surface area contributed by atoms with Crippen LogP contribution in [0.15, 0.2) is 24.8 Å². The van der Waals surface area contributed by atoms with E-state index in [1.165, 1.54) is 5.56 Å². The van der Waals surface area contributed by atoms with Crippen LogP contribution in [0.25, 0.3) is 0 Å². The predicted octanol–water partition coefficient (Wildman–Crippen LogP) is 3.68. The minimum absolute atomic E-state index is 0.0255. The smallest absolute Gasteiger partial charge is 0.129 e. The van der Waals surface area contributed by atoms with Crippen molar-refractivity contribution in [2.24, 2.45) is 0 Å². The third kappa shape index (κ3) is 4.97. The van der Waals surface area contributed by atoms with Gasteiger partial charge < -0.3 is 10.2 Å². The Hall–Kier alpha value is -1.35. The van der Waals surface area contributed by atoms with Gasteiger partial charge in [0.15, 0.2) is 0 Å². The summed E-state index contributed by atoms with van der Waals surface area (Å²) in [5.74, 6) is 1.03. The largest absolute Gasteiger partial charge is 0.348 e. The molecule has 3 heteroatoms. The van der Waals surface area contributed by atoms with Gasteiger partial charge in [-0.25, -0.2) is 4.98 Å². The minimum atomic E-state index is 0.0255. The summed E-state index contributed by atoms with van der Waals surface area (Å²) in [5.41, 5.74) is 2.36. The van der Waals surface area contributed by atoms with Crippen molar-refractivity contribution >= 4 is 5.82 Å². The first-order valence-electron chi connectivity index (χ1n) is 7.33. The van der Waals surface area contributed by atoms with Gasteiger partial charge in [-0.05, 0) is 45.4 Å². The molecule has 0 spiro atoms. The Morgan fingerprint density at radius 2 is 2.00 bits per heavy atom. The van der Waals surface area contributed by atoms with E-state index >= 15 is 0 Å². The van der Waals surface area contributed by atoms with Gasteiger partial charge in [-0.3, -0.25) is 0 Å². The van der Waals surface area contributed by atoms with Crippen molar-refractivity contribution in [1.82, 2.24) is 10.3 Å². The second-order valence-electron chi connectivity index (χ2n) is 6.58. The third-order valence-electron chi connectivity index (χ3n) is 3.11. The van der Waals surface area contributed by atoms with Crippen LogP contribution in [0.5, 0.6) is 0 Å². The molecule has 0 amide bonds. The highest BCUT2D eigenvalue weighted by Gasteiger charge is 2.22. The average Bonchev–Trinajstić information content (AvgIpc) is 2.31. The third-order valence-corrected chi connectivity index (χ3v) is 3.11. The SMILES string of the molecule is C=CCN(c1cc(CNC(C)C)cc(C)n1)C(C)(C)C. The maximum absolute atomic E-state index is 4.70. The number of rotatable bonds is 6. The van der Waals surface area contributed by atoms with E-state index in [0.717, 1.165) is 24.6 Å². The van der Waals surface area contributed by atoms with Gasteiger partial charge in [0.25, 0.3) is 0 Å². The van der Waals surface area contributed by atoms with E-state index in [1.807, 2.05) is 6.08 Å². The summed E-state index contributed by atoms with van der Waals surface area (Å²) in [6.45, 7) is 18.5. The lowest BCUT2D eigenvalue weighted by atomic mass is 10.1. The van der Waals surface area contributed by atoms with E-state index in [9.17, 15) is 0 Å². The maximum atomic E-state index is 4.70. The number of aromatic nitrogens is 1. The molecule has 1 aromatic heterocycles. The van der Waals surface area contributed by atoms with E-state index in [-0.39, 0.29) is 5.54 Å². The van der Waals surface area contributed by atoms with Crippen molar-refractivity contribution in [2.75, 3.05) is 11.4 Å². The second-order valence-corrected chi connectivity index (χ2v) is 6.58. The molecule has 1 aromatic rings. The van der Waals surface area contributed by atoms with Gasteiger partial charge in [0.05, 0.1) is 0 Å². The van der Waals surface area contributed by atoms with E-state index in [1.54, 1.807) is 0 Å². The zero-order chi connectivity index (χ0) is 15.3. The van der Waals surface area contributed by atoms with Crippen molar-refractivity contribution in [3.05, 3.63) is 36.0 Å². The molecule has 0 bridgehead atoms. The summed E-state index contributed by atoms with van der Waals surface area (Å²) in [6, 6.07) is 4.81. The molecule has 1 rings (SSSR count). The summed E-state index contributed by atoms with van der Waals surface area (Å²) in [7, 11) is 0. The quantitative estimate of drug-likeness (QED) is 0.803. The Labute approximate surface area is 124 Å². The molecule has 0 fully saturated rings. The normalized spacial score (nSPS) is 11.8. The first-order valence-corrected chi connectivity index (χ1v) is 7.33. The maximum Gasteiger partial charge on any atom is 0.129 e. The topological polar surface area (TPSA) is 28.2 Å². The Morgan fingerprint density at radius 3 is 2.50 bits per heavy atom. The van der Waals surface area contributed by atoms with Crippen LogP contribution >= 0.6 is 0 Å². The van der Waals surface area contributed by atoms with Crippen molar-refractivity contribution in [3.8, 4) is 0 Å². The molecule has 1 heterocycles. The summed E-state index contributed by atoms with van der Waals surface area (Å²) in [6.07, 6.45) is 1.93. The van der Waals surface area contributed by atoms with Crippen LogP contribution in [0.3, 0.4) is 0 Å². The van der Waals surface area contributed by atoms with Crippen LogP contribution in [-0.4, -0.2) is 23.1 Å². The lowest BCUT2D eigenvalue weighted by molar-refractivity contribution is 0.516. The first kappa shape index (κ1) is 16.7. The van der Waals surface area contributed by atoms with Gasteiger partial charge in [-0.1, -0.05) is 19.9 Å². The Balaban J connectivity index is 3.06. The molecule has 0 aliphatic heterocycles. The van der Waals surface area contributed by atoms with Crippen LogP contribution in [0.2, 0.25) is 0 Å². The molecule has 0 aliphatic carbocycles. The molecule has 1 N–H and O–H groups in total. The predicted molar refractivity (Wildman–Crippen MR) is 88.2 cm³/mol. The van der Waals surface area contributed by atoms with Gasteiger partial charge >= 0.3 is 0 Å². The van der Waals surface area contributed by atoms with E-state index in [0.29, 0.717) is 6.04 Å². The molecule has 20 heavy (non-hydrogen) atoms.